The summed E-state index contributed by atoms with van der Waals surface area (Å²) >= 11 is 1.32. The highest BCUT2D eigenvalue weighted by atomic mass is 32.2. The van der Waals surface area contributed by atoms with Crippen LogP contribution in [0, 0.1) is 0 Å². The van der Waals surface area contributed by atoms with Crippen LogP contribution in [0.5, 0.6) is 11.5 Å². The zero-order valence-corrected chi connectivity index (χ0v) is 21.8. The van der Waals surface area contributed by atoms with Crippen molar-refractivity contribution in [3.8, 4) is 17.2 Å². The van der Waals surface area contributed by atoms with Gasteiger partial charge in [0.2, 0.25) is 0 Å². The molecule has 3 atom stereocenters. The van der Waals surface area contributed by atoms with E-state index in [0.717, 1.165) is 54.3 Å². The van der Waals surface area contributed by atoms with E-state index in [1.54, 1.807) is 25.1 Å². The highest BCUT2D eigenvalue weighted by Crippen LogP contribution is 2.49. The van der Waals surface area contributed by atoms with Gasteiger partial charge in [-0.15, -0.1) is 0 Å². The molecule has 8 nitrogen and oxygen atoms in total. The van der Waals surface area contributed by atoms with Crippen molar-refractivity contribution in [3.63, 3.8) is 0 Å². The molecule has 2 N–H and O–H groups in total. The molecule has 3 unspecified atom stereocenters. The number of hydrogen-bond donors (Lipinski definition) is 2. The summed E-state index contributed by atoms with van der Waals surface area (Å²) in [7, 11) is 5.54. The first kappa shape index (κ1) is 24.5. The van der Waals surface area contributed by atoms with Gasteiger partial charge in [0.05, 0.1) is 19.9 Å². The van der Waals surface area contributed by atoms with Crippen LogP contribution in [0.3, 0.4) is 0 Å². The maximum atomic E-state index is 12.7. The number of urea groups is 1. The molecule has 2 fully saturated rings. The summed E-state index contributed by atoms with van der Waals surface area (Å²) in [5.41, 5.74) is 2.34. The number of nitrogens with zero attached hydrogens (tertiary/aromatic N) is 3. The van der Waals surface area contributed by atoms with Crippen molar-refractivity contribution in [2.24, 2.45) is 0 Å². The summed E-state index contributed by atoms with van der Waals surface area (Å²) in [6.07, 6.45) is 7.63. The number of aromatic nitrogens is 2. The molecule has 5 rings (SSSR count). The van der Waals surface area contributed by atoms with Gasteiger partial charge in [-0.2, -0.15) is 5.10 Å². The van der Waals surface area contributed by atoms with Gasteiger partial charge in [0.1, 0.15) is 0 Å². The standard InChI is InChI=1S/C27H33N5O3S/c1-31-16-13-27(19-5-10-23(34-2)24(17-19)35-3)12-11-20(18-25(27)31)29-26(33)30-36-22-8-6-21(7-9-22)32-15-4-14-28-32/h4-10,14-15,17,20,25H,11-13,16,18H2,1-3H3,(H2,29,30,33). The number of ether oxygens (including phenoxy) is 2. The third-order valence-electron chi connectivity index (χ3n) is 7.69. The monoisotopic (exact) mass is 507 g/mol. The Bertz CT molecular complexity index is 1190. The number of carbonyl (C=O) groups is 1. The Morgan fingerprint density at radius 1 is 1.11 bits per heavy atom. The van der Waals surface area contributed by atoms with Gasteiger partial charge in [-0.1, -0.05) is 6.07 Å². The Labute approximate surface area is 216 Å². The van der Waals surface area contributed by atoms with Crippen LogP contribution in [0.4, 0.5) is 4.79 Å². The molecule has 0 bridgehead atoms. The number of methoxy groups -OCH3 is 2. The number of amides is 2. The summed E-state index contributed by atoms with van der Waals surface area (Å²) in [6.45, 7) is 1.04. The van der Waals surface area contributed by atoms with Crippen LogP contribution in [0.15, 0.2) is 65.8 Å². The van der Waals surface area contributed by atoms with Crippen LogP contribution in [0.2, 0.25) is 0 Å². The lowest BCUT2D eigenvalue weighted by atomic mass is 9.65. The minimum absolute atomic E-state index is 0.0635. The highest BCUT2D eigenvalue weighted by Gasteiger charge is 2.50. The fourth-order valence-electron chi connectivity index (χ4n) is 5.80. The van der Waals surface area contributed by atoms with Gasteiger partial charge in [-0.05, 0) is 99.3 Å². The molecular weight excluding hydrogens is 474 g/mol. The average molecular weight is 508 g/mol. The molecule has 3 aromatic rings. The molecule has 1 aliphatic heterocycles. The van der Waals surface area contributed by atoms with Gasteiger partial charge in [-0.25, -0.2) is 9.48 Å². The van der Waals surface area contributed by atoms with Crippen LogP contribution in [0.25, 0.3) is 5.69 Å². The third-order valence-corrected chi connectivity index (χ3v) is 8.48. The molecule has 1 saturated heterocycles. The molecule has 2 aromatic carbocycles. The summed E-state index contributed by atoms with van der Waals surface area (Å²) in [6, 6.07) is 16.5. The number of fused-ring (bicyclic) bond motifs is 1. The Kier molecular flexibility index (Phi) is 7.11. The second-order valence-corrected chi connectivity index (χ2v) is 10.4. The minimum Gasteiger partial charge on any atom is -0.493 e. The molecule has 0 radical (unpaired) electrons. The van der Waals surface area contributed by atoms with Crippen molar-refractivity contribution < 1.29 is 14.3 Å². The van der Waals surface area contributed by atoms with E-state index in [2.05, 4.69) is 39.2 Å². The van der Waals surface area contributed by atoms with E-state index in [0.29, 0.717) is 6.04 Å². The van der Waals surface area contributed by atoms with Crippen molar-refractivity contribution >= 4 is 18.0 Å². The first-order valence-electron chi connectivity index (χ1n) is 12.3. The molecule has 2 amide bonds. The van der Waals surface area contributed by atoms with E-state index in [9.17, 15) is 4.79 Å². The number of nitrogens with one attached hydrogen (secondary N) is 2. The largest absolute Gasteiger partial charge is 0.493 e. The van der Waals surface area contributed by atoms with Crippen molar-refractivity contribution in [2.45, 2.75) is 48.1 Å². The van der Waals surface area contributed by atoms with Crippen LogP contribution in [-0.2, 0) is 5.41 Å². The molecule has 190 valence electrons. The van der Waals surface area contributed by atoms with E-state index >= 15 is 0 Å². The lowest BCUT2D eigenvalue weighted by molar-refractivity contribution is 0.155. The normalized spacial score (nSPS) is 23.6. The fraction of sp³-hybridized carbons (Fsp3) is 0.407. The third kappa shape index (κ3) is 4.77. The van der Waals surface area contributed by atoms with E-state index in [1.807, 2.05) is 42.6 Å². The van der Waals surface area contributed by atoms with Crippen LogP contribution >= 0.6 is 11.9 Å². The maximum Gasteiger partial charge on any atom is 0.325 e. The average Bonchev–Trinajstić information content (AvgIpc) is 3.57. The molecule has 2 aliphatic rings. The molecule has 0 spiro atoms. The SMILES string of the molecule is COc1ccc(C23CCC(NC(=O)NSc4ccc(-n5cccn5)cc4)CC2N(C)CC3)cc1OC. The molecule has 1 aromatic heterocycles. The van der Waals surface area contributed by atoms with Crippen molar-refractivity contribution in [2.75, 3.05) is 27.8 Å². The van der Waals surface area contributed by atoms with Crippen LogP contribution < -0.4 is 19.5 Å². The topological polar surface area (TPSA) is 80.7 Å². The summed E-state index contributed by atoms with van der Waals surface area (Å²) in [5, 5.41) is 7.45. The van der Waals surface area contributed by atoms with Crippen LogP contribution in [-0.4, -0.2) is 60.6 Å². The van der Waals surface area contributed by atoms with E-state index in [4.69, 9.17) is 9.47 Å². The summed E-state index contributed by atoms with van der Waals surface area (Å²) < 4.78 is 15.8. The number of benzene rings is 2. The van der Waals surface area contributed by atoms with Gasteiger partial charge in [-0.3, -0.25) is 4.72 Å². The molecule has 1 saturated carbocycles. The molecule has 2 heterocycles. The first-order valence-corrected chi connectivity index (χ1v) is 13.1. The van der Waals surface area contributed by atoms with Gasteiger partial charge in [0.15, 0.2) is 11.5 Å². The zero-order valence-electron chi connectivity index (χ0n) is 20.9. The smallest absolute Gasteiger partial charge is 0.325 e. The van der Waals surface area contributed by atoms with E-state index in [1.165, 1.54) is 17.5 Å². The fourth-order valence-corrected chi connectivity index (χ4v) is 6.34. The van der Waals surface area contributed by atoms with Gasteiger partial charge in [0.25, 0.3) is 0 Å². The Morgan fingerprint density at radius 2 is 1.92 bits per heavy atom. The number of likely N-dealkylation sites (tertiary alicyclic amines) is 1. The van der Waals surface area contributed by atoms with Crippen molar-refractivity contribution in [1.29, 1.82) is 0 Å². The Balaban J connectivity index is 1.20. The predicted octanol–water partition coefficient (Wildman–Crippen LogP) is 4.39. The second kappa shape index (κ2) is 10.4. The second-order valence-electron chi connectivity index (χ2n) is 9.57. The predicted molar refractivity (Wildman–Crippen MR) is 141 cm³/mol. The number of carbonyl (C=O) groups excluding carboxylic acids is 1. The van der Waals surface area contributed by atoms with E-state index < -0.39 is 0 Å². The summed E-state index contributed by atoms with van der Waals surface area (Å²) in [5.74, 6) is 1.52. The minimum atomic E-state index is -0.152. The molecule has 1 aliphatic carbocycles. The Hall–Kier alpha value is -3.17. The van der Waals surface area contributed by atoms with Gasteiger partial charge in [0, 0.05) is 34.8 Å². The molecule has 36 heavy (non-hydrogen) atoms. The zero-order chi connectivity index (χ0) is 25.1. The quantitative estimate of drug-likeness (QED) is 0.462. The van der Waals surface area contributed by atoms with Crippen LogP contribution in [0.1, 0.15) is 31.2 Å². The summed E-state index contributed by atoms with van der Waals surface area (Å²) in [4.78, 5) is 16.1. The van der Waals surface area contributed by atoms with Crippen molar-refractivity contribution in [3.05, 3.63) is 66.5 Å². The van der Waals surface area contributed by atoms with Gasteiger partial charge < -0.3 is 19.7 Å². The molecular formula is C27H33N5O3S. The number of rotatable bonds is 7. The first-order chi connectivity index (χ1) is 17.5. The maximum absolute atomic E-state index is 12.7. The highest BCUT2D eigenvalue weighted by molar-refractivity contribution is 7.98. The van der Waals surface area contributed by atoms with E-state index in [-0.39, 0.29) is 17.5 Å². The Morgan fingerprint density at radius 3 is 2.64 bits per heavy atom. The van der Waals surface area contributed by atoms with Gasteiger partial charge >= 0.3 is 6.03 Å². The number of likely N-dealkylation sites (N-methyl/N-ethyl adjacent to an activating group) is 1. The van der Waals surface area contributed by atoms with Crippen molar-refractivity contribution in [1.82, 2.24) is 24.7 Å². The molecule has 9 heteroatoms. The lowest BCUT2D eigenvalue weighted by Gasteiger charge is -2.45. The lowest BCUT2D eigenvalue weighted by Crippen LogP contribution is -2.52. The number of hydrogen-bond acceptors (Lipinski definition) is 6.